The van der Waals surface area contributed by atoms with Crippen LogP contribution < -0.4 is 0 Å². The minimum absolute atomic E-state index is 0.184. The summed E-state index contributed by atoms with van der Waals surface area (Å²) in [7, 11) is 0. The van der Waals surface area contributed by atoms with E-state index in [1.165, 1.54) is 11.1 Å². The van der Waals surface area contributed by atoms with Crippen molar-refractivity contribution < 1.29 is 9.47 Å². The minimum Gasteiger partial charge on any atom is -0.491 e. The van der Waals surface area contributed by atoms with Gasteiger partial charge in [-0.05, 0) is 45.8 Å². The predicted molar refractivity (Wildman–Crippen MR) is 74.1 cm³/mol. The molecule has 0 atom stereocenters. The van der Waals surface area contributed by atoms with Gasteiger partial charge in [0.15, 0.2) is 0 Å². The summed E-state index contributed by atoms with van der Waals surface area (Å²) in [5.41, 5.74) is 2.33. The van der Waals surface area contributed by atoms with Gasteiger partial charge in [0, 0.05) is 0 Å². The summed E-state index contributed by atoms with van der Waals surface area (Å²) in [6, 6.07) is 0. The normalized spacial score (nSPS) is 20.1. The van der Waals surface area contributed by atoms with Gasteiger partial charge in [-0.3, -0.25) is 0 Å². The van der Waals surface area contributed by atoms with Gasteiger partial charge in [0.25, 0.3) is 0 Å². The Kier molecular flexibility index (Phi) is 7.21. The van der Waals surface area contributed by atoms with E-state index < -0.39 is 0 Å². The van der Waals surface area contributed by atoms with Crippen LogP contribution in [0.2, 0.25) is 0 Å². The van der Waals surface area contributed by atoms with Crippen LogP contribution in [0, 0.1) is 0 Å². The van der Waals surface area contributed by atoms with Crippen LogP contribution >= 0.6 is 0 Å². The van der Waals surface area contributed by atoms with Gasteiger partial charge >= 0.3 is 0 Å². The third-order valence-corrected chi connectivity index (χ3v) is 2.61. The molecule has 0 radical (unpaired) electrons. The second-order valence-electron chi connectivity index (χ2n) is 4.83. The van der Waals surface area contributed by atoms with Crippen LogP contribution in [0.3, 0.4) is 0 Å². The summed E-state index contributed by atoms with van der Waals surface area (Å²) in [5, 5.41) is 0. The summed E-state index contributed by atoms with van der Waals surface area (Å²) in [6.07, 6.45) is 3.19. The highest BCUT2D eigenvalue weighted by Gasteiger charge is 2.23. The number of hydrogen-bond donors (Lipinski definition) is 0. The Balaban J connectivity index is 0.00000121. The highest BCUT2D eigenvalue weighted by molar-refractivity contribution is 5.23. The monoisotopic (exact) mass is 240 g/mol. The van der Waals surface area contributed by atoms with Gasteiger partial charge in [0.1, 0.15) is 12.4 Å². The molecule has 0 fully saturated rings. The maximum Gasteiger partial charge on any atom is 0.120 e. The molecule has 0 saturated carbocycles. The SMILES string of the molecule is CC.CC/C(C)=C/C1=C(C)COC(C)(C)CO1. The van der Waals surface area contributed by atoms with Crippen LogP contribution in [0.4, 0.5) is 0 Å². The first-order valence-corrected chi connectivity index (χ1v) is 6.58. The Labute approximate surface area is 107 Å². The Morgan fingerprint density at radius 3 is 2.47 bits per heavy atom. The van der Waals surface area contributed by atoms with Gasteiger partial charge in [-0.15, -0.1) is 0 Å². The lowest BCUT2D eigenvalue weighted by Gasteiger charge is -2.21. The van der Waals surface area contributed by atoms with Crippen LogP contribution in [0.5, 0.6) is 0 Å². The Hall–Kier alpha value is -0.760. The second kappa shape index (κ2) is 7.54. The van der Waals surface area contributed by atoms with Crippen LogP contribution in [0.25, 0.3) is 0 Å². The van der Waals surface area contributed by atoms with Crippen molar-refractivity contribution in [2.24, 2.45) is 0 Å². The average Bonchev–Trinajstić information content (AvgIpc) is 2.44. The van der Waals surface area contributed by atoms with E-state index in [4.69, 9.17) is 9.47 Å². The Bertz CT molecular complexity index is 285. The van der Waals surface area contributed by atoms with Crippen molar-refractivity contribution in [2.45, 2.75) is 60.5 Å². The van der Waals surface area contributed by atoms with Crippen LogP contribution in [-0.4, -0.2) is 18.8 Å². The van der Waals surface area contributed by atoms with E-state index in [1.54, 1.807) is 0 Å². The highest BCUT2D eigenvalue weighted by atomic mass is 16.5. The molecule has 100 valence electrons. The zero-order chi connectivity index (χ0) is 13.5. The molecule has 0 aromatic carbocycles. The van der Waals surface area contributed by atoms with Crippen molar-refractivity contribution in [3.8, 4) is 0 Å². The summed E-state index contributed by atoms with van der Waals surface area (Å²) >= 11 is 0. The molecule has 1 heterocycles. The van der Waals surface area contributed by atoms with Gasteiger partial charge in [0.05, 0.1) is 12.2 Å². The fourth-order valence-electron chi connectivity index (χ4n) is 1.28. The number of allylic oxidation sites excluding steroid dienone is 2. The summed E-state index contributed by atoms with van der Waals surface area (Å²) in [4.78, 5) is 0. The first-order chi connectivity index (χ1) is 7.94. The Morgan fingerprint density at radius 1 is 1.35 bits per heavy atom. The molecule has 0 amide bonds. The van der Waals surface area contributed by atoms with Crippen LogP contribution in [0.15, 0.2) is 23.0 Å². The molecule has 0 N–H and O–H groups in total. The second-order valence-corrected chi connectivity index (χ2v) is 4.83. The lowest BCUT2D eigenvalue weighted by Crippen LogP contribution is -2.29. The van der Waals surface area contributed by atoms with Gasteiger partial charge < -0.3 is 9.47 Å². The maximum atomic E-state index is 5.78. The smallest absolute Gasteiger partial charge is 0.120 e. The van der Waals surface area contributed by atoms with E-state index in [-0.39, 0.29) is 5.60 Å². The van der Waals surface area contributed by atoms with Crippen LogP contribution in [-0.2, 0) is 9.47 Å². The van der Waals surface area contributed by atoms with E-state index in [0.29, 0.717) is 13.2 Å². The molecule has 0 unspecified atom stereocenters. The first kappa shape index (κ1) is 16.2. The molecule has 0 aliphatic carbocycles. The quantitative estimate of drug-likeness (QED) is 0.709. The zero-order valence-corrected chi connectivity index (χ0v) is 12.5. The number of rotatable bonds is 2. The molecule has 0 bridgehead atoms. The van der Waals surface area contributed by atoms with Gasteiger partial charge in [-0.25, -0.2) is 0 Å². The predicted octanol–water partition coefficient (Wildman–Crippen LogP) is 4.47. The molecule has 0 saturated heterocycles. The molecular weight excluding hydrogens is 212 g/mol. The summed E-state index contributed by atoms with van der Waals surface area (Å²) in [5.74, 6) is 0.986. The number of ether oxygens (including phenoxy) is 2. The van der Waals surface area contributed by atoms with Crippen molar-refractivity contribution >= 4 is 0 Å². The van der Waals surface area contributed by atoms with Gasteiger partial charge in [0.2, 0.25) is 0 Å². The van der Waals surface area contributed by atoms with Crippen molar-refractivity contribution in [1.82, 2.24) is 0 Å². The summed E-state index contributed by atoms with van der Waals surface area (Å²) in [6.45, 7) is 15.7. The van der Waals surface area contributed by atoms with Crippen LogP contribution in [0.1, 0.15) is 54.9 Å². The molecule has 1 aliphatic heterocycles. The fourth-order valence-corrected chi connectivity index (χ4v) is 1.28. The van der Waals surface area contributed by atoms with Crippen molar-refractivity contribution in [1.29, 1.82) is 0 Å². The average molecular weight is 240 g/mol. The summed E-state index contributed by atoms with van der Waals surface area (Å²) < 4.78 is 11.5. The molecule has 17 heavy (non-hydrogen) atoms. The third-order valence-electron chi connectivity index (χ3n) is 2.61. The van der Waals surface area contributed by atoms with Crippen molar-refractivity contribution in [3.63, 3.8) is 0 Å². The van der Waals surface area contributed by atoms with E-state index in [2.05, 4.69) is 40.7 Å². The molecule has 1 rings (SSSR count). The lowest BCUT2D eigenvalue weighted by atomic mass is 10.1. The van der Waals surface area contributed by atoms with E-state index in [1.807, 2.05) is 13.8 Å². The van der Waals surface area contributed by atoms with Gasteiger partial charge in [-0.1, -0.05) is 26.3 Å². The third kappa shape index (κ3) is 5.92. The minimum atomic E-state index is -0.184. The fraction of sp³-hybridized carbons (Fsp3) is 0.733. The van der Waals surface area contributed by atoms with Gasteiger partial charge in [-0.2, -0.15) is 0 Å². The molecule has 1 aliphatic rings. The largest absolute Gasteiger partial charge is 0.491 e. The molecule has 2 nitrogen and oxygen atoms in total. The number of hydrogen-bond acceptors (Lipinski definition) is 2. The zero-order valence-electron chi connectivity index (χ0n) is 12.5. The maximum absolute atomic E-state index is 5.78. The van der Waals surface area contributed by atoms with E-state index >= 15 is 0 Å². The van der Waals surface area contributed by atoms with Crippen molar-refractivity contribution in [2.75, 3.05) is 13.2 Å². The standard InChI is InChI=1S/C13H22O2.C2H6/c1-6-10(2)7-12-11(3)8-15-13(4,5)9-14-12;1-2/h7H,6,8-9H2,1-5H3;1-2H3/b10-7+;. The molecule has 0 aromatic rings. The van der Waals surface area contributed by atoms with E-state index in [0.717, 1.165) is 12.2 Å². The molecule has 0 aromatic heterocycles. The van der Waals surface area contributed by atoms with E-state index in [9.17, 15) is 0 Å². The van der Waals surface area contributed by atoms with Crippen molar-refractivity contribution in [3.05, 3.63) is 23.0 Å². The highest BCUT2D eigenvalue weighted by Crippen LogP contribution is 2.22. The molecular formula is C15H28O2. The lowest BCUT2D eigenvalue weighted by molar-refractivity contribution is -0.0375. The first-order valence-electron chi connectivity index (χ1n) is 6.58. The molecule has 2 heteroatoms. The molecule has 0 spiro atoms. The topological polar surface area (TPSA) is 18.5 Å². The Morgan fingerprint density at radius 2 is 1.94 bits per heavy atom.